The third-order valence-corrected chi connectivity index (χ3v) is 7.08. The quantitative estimate of drug-likeness (QED) is 0.120. The van der Waals surface area contributed by atoms with Gasteiger partial charge in [0.2, 0.25) is 0 Å². The summed E-state index contributed by atoms with van der Waals surface area (Å²) in [4.78, 5) is 14.2. The number of hydrogen-bond acceptors (Lipinski definition) is 9. The van der Waals surface area contributed by atoms with Gasteiger partial charge in [0.1, 0.15) is 17.1 Å². The van der Waals surface area contributed by atoms with Crippen molar-refractivity contribution in [1.82, 2.24) is 15.0 Å². The van der Waals surface area contributed by atoms with Gasteiger partial charge in [0.25, 0.3) is 0 Å². The Hall–Kier alpha value is -2.88. The van der Waals surface area contributed by atoms with Crippen LogP contribution >= 0.6 is 23.1 Å². The average Bonchev–Trinajstić information content (AvgIpc) is 3.29. The van der Waals surface area contributed by atoms with Crippen LogP contribution in [0.2, 0.25) is 0 Å². The summed E-state index contributed by atoms with van der Waals surface area (Å²) in [7, 11) is 0. The molecule has 0 saturated carbocycles. The number of aromatic nitrogens is 3. The van der Waals surface area contributed by atoms with Crippen molar-refractivity contribution in [2.75, 3.05) is 30.4 Å². The fourth-order valence-electron chi connectivity index (χ4n) is 3.55. The molecule has 0 aliphatic rings. The first kappa shape index (κ1) is 25.2. The number of ether oxygens (including phenoxy) is 1. The first-order chi connectivity index (χ1) is 17.1. The van der Waals surface area contributed by atoms with Crippen LogP contribution in [0.1, 0.15) is 25.8 Å². The average molecular weight is 510 g/mol. The predicted molar refractivity (Wildman–Crippen MR) is 146 cm³/mol. The van der Waals surface area contributed by atoms with Gasteiger partial charge < -0.3 is 20.5 Å². The highest BCUT2D eigenvalue weighted by Crippen LogP contribution is 2.33. The maximum Gasteiger partial charge on any atom is 0.191 e. The number of anilines is 2. The number of aliphatic hydroxyl groups excluding tert-OH is 1. The SMILES string of the molecule is CC(C)C[C@H](CO)Nc1nc(SCc2ccccc2)nc2nc(NCCOc3ccccc3)sc12. The first-order valence-corrected chi connectivity index (χ1v) is 13.6. The molecule has 0 saturated heterocycles. The number of aliphatic hydroxyl groups is 1. The van der Waals surface area contributed by atoms with E-state index in [1.807, 2.05) is 48.5 Å². The third-order valence-electron chi connectivity index (χ3n) is 5.15. The standard InChI is InChI=1S/C26H31N5O2S2/c1-18(2)15-20(16-32)28-23-22-24(31-26(30-23)34-17-19-9-5-3-6-10-19)29-25(35-22)27-13-14-33-21-11-7-4-8-12-21/h3-12,18,20,32H,13-17H2,1-2H3,(H2,27,28,29,30,31)/t20-/m1/s1. The van der Waals surface area contributed by atoms with Crippen LogP contribution in [0, 0.1) is 5.92 Å². The monoisotopic (exact) mass is 509 g/mol. The Morgan fingerprint density at radius 1 is 1.00 bits per heavy atom. The topological polar surface area (TPSA) is 92.2 Å². The molecule has 0 spiro atoms. The van der Waals surface area contributed by atoms with E-state index < -0.39 is 0 Å². The molecule has 0 aliphatic heterocycles. The lowest BCUT2D eigenvalue weighted by molar-refractivity contribution is 0.259. The second-order valence-electron chi connectivity index (χ2n) is 8.54. The molecule has 0 radical (unpaired) electrons. The zero-order valence-corrected chi connectivity index (χ0v) is 21.6. The van der Waals surface area contributed by atoms with Gasteiger partial charge in [-0.05, 0) is 30.0 Å². The molecule has 2 aromatic carbocycles. The van der Waals surface area contributed by atoms with Gasteiger partial charge in [-0.2, -0.15) is 4.98 Å². The molecule has 0 aliphatic carbocycles. The Morgan fingerprint density at radius 2 is 1.74 bits per heavy atom. The minimum absolute atomic E-state index is 0.0386. The van der Waals surface area contributed by atoms with Gasteiger partial charge in [0, 0.05) is 5.75 Å². The van der Waals surface area contributed by atoms with Crippen molar-refractivity contribution >= 4 is 44.4 Å². The fraction of sp³-hybridized carbons (Fsp3) is 0.346. The number of benzene rings is 2. The largest absolute Gasteiger partial charge is 0.492 e. The molecule has 9 heteroatoms. The highest BCUT2D eigenvalue weighted by atomic mass is 32.2. The van der Waals surface area contributed by atoms with Gasteiger partial charge in [-0.3, -0.25) is 0 Å². The zero-order chi connectivity index (χ0) is 24.5. The molecule has 4 aromatic rings. The van der Waals surface area contributed by atoms with E-state index in [1.54, 1.807) is 11.8 Å². The molecule has 0 unspecified atom stereocenters. The second-order valence-corrected chi connectivity index (χ2v) is 10.5. The van der Waals surface area contributed by atoms with Crippen LogP contribution in [-0.4, -0.2) is 45.9 Å². The van der Waals surface area contributed by atoms with E-state index in [0.29, 0.717) is 29.9 Å². The number of nitrogens with zero attached hydrogens (tertiary/aromatic N) is 3. The maximum absolute atomic E-state index is 9.92. The lowest BCUT2D eigenvalue weighted by Gasteiger charge is -2.19. The minimum atomic E-state index is -0.0853. The van der Waals surface area contributed by atoms with Crippen LogP contribution in [0.15, 0.2) is 65.8 Å². The zero-order valence-electron chi connectivity index (χ0n) is 20.0. The van der Waals surface area contributed by atoms with Crippen molar-refractivity contribution in [3.8, 4) is 5.75 Å². The van der Waals surface area contributed by atoms with Gasteiger partial charge >= 0.3 is 0 Å². The summed E-state index contributed by atoms with van der Waals surface area (Å²) in [5.74, 6) is 2.78. The summed E-state index contributed by atoms with van der Waals surface area (Å²) >= 11 is 3.09. The molecule has 4 rings (SSSR count). The molecular weight excluding hydrogens is 478 g/mol. The van der Waals surface area contributed by atoms with Gasteiger partial charge in [0.05, 0.1) is 19.2 Å². The van der Waals surface area contributed by atoms with Gasteiger partial charge in [-0.1, -0.05) is 85.5 Å². The Balaban J connectivity index is 1.50. The van der Waals surface area contributed by atoms with E-state index in [2.05, 4.69) is 36.6 Å². The van der Waals surface area contributed by atoms with E-state index in [4.69, 9.17) is 19.7 Å². The Labute approximate surface area is 214 Å². The summed E-state index contributed by atoms with van der Waals surface area (Å²) in [6.45, 7) is 5.47. The van der Waals surface area contributed by atoms with Crippen molar-refractivity contribution in [2.45, 2.75) is 37.2 Å². The highest BCUT2D eigenvalue weighted by molar-refractivity contribution is 7.98. The second kappa shape index (κ2) is 12.7. The van der Waals surface area contributed by atoms with Crippen LogP contribution < -0.4 is 15.4 Å². The van der Waals surface area contributed by atoms with Gasteiger partial charge in [-0.15, -0.1) is 0 Å². The molecule has 3 N–H and O–H groups in total. The van der Waals surface area contributed by atoms with Crippen LogP contribution in [0.4, 0.5) is 10.9 Å². The van der Waals surface area contributed by atoms with E-state index >= 15 is 0 Å². The molecular formula is C26H31N5O2S2. The highest BCUT2D eigenvalue weighted by Gasteiger charge is 2.18. The molecule has 35 heavy (non-hydrogen) atoms. The minimum Gasteiger partial charge on any atom is -0.492 e. The number of para-hydroxylation sites is 1. The van der Waals surface area contributed by atoms with Crippen LogP contribution in [0.3, 0.4) is 0 Å². The molecule has 2 aromatic heterocycles. The van der Waals surface area contributed by atoms with Crippen LogP contribution in [0.25, 0.3) is 10.3 Å². The summed E-state index contributed by atoms with van der Waals surface area (Å²) in [5.41, 5.74) is 1.86. The summed E-state index contributed by atoms with van der Waals surface area (Å²) < 4.78 is 6.64. The van der Waals surface area contributed by atoms with Gasteiger partial charge in [0.15, 0.2) is 21.8 Å². The van der Waals surface area contributed by atoms with Crippen molar-refractivity contribution in [3.05, 3.63) is 66.2 Å². The lowest BCUT2D eigenvalue weighted by Crippen LogP contribution is -2.26. The fourth-order valence-corrected chi connectivity index (χ4v) is 5.23. The molecule has 2 heterocycles. The summed E-state index contributed by atoms with van der Waals surface area (Å²) in [6.07, 6.45) is 0.842. The molecule has 0 bridgehead atoms. The van der Waals surface area contributed by atoms with E-state index in [0.717, 1.165) is 33.6 Å². The van der Waals surface area contributed by atoms with E-state index in [9.17, 15) is 5.11 Å². The molecule has 7 nitrogen and oxygen atoms in total. The molecule has 0 amide bonds. The van der Waals surface area contributed by atoms with Crippen molar-refractivity contribution in [1.29, 1.82) is 0 Å². The molecule has 184 valence electrons. The van der Waals surface area contributed by atoms with Gasteiger partial charge in [-0.25, -0.2) is 9.97 Å². The smallest absolute Gasteiger partial charge is 0.191 e. The first-order valence-electron chi connectivity index (χ1n) is 11.7. The van der Waals surface area contributed by atoms with Crippen LogP contribution in [-0.2, 0) is 5.75 Å². The molecule has 1 atom stereocenters. The Bertz CT molecular complexity index is 1190. The van der Waals surface area contributed by atoms with E-state index in [1.165, 1.54) is 16.9 Å². The third kappa shape index (κ3) is 7.55. The predicted octanol–water partition coefficient (Wildman–Crippen LogP) is 5.69. The Kier molecular flexibility index (Phi) is 9.16. The van der Waals surface area contributed by atoms with E-state index in [-0.39, 0.29) is 12.6 Å². The van der Waals surface area contributed by atoms with Crippen LogP contribution in [0.5, 0.6) is 5.75 Å². The summed E-state index contributed by atoms with van der Waals surface area (Å²) in [5, 5.41) is 18.1. The van der Waals surface area contributed by atoms with Crippen molar-refractivity contribution in [3.63, 3.8) is 0 Å². The number of nitrogens with one attached hydrogen (secondary N) is 2. The maximum atomic E-state index is 9.92. The summed E-state index contributed by atoms with van der Waals surface area (Å²) in [6, 6.07) is 19.9. The normalized spacial score (nSPS) is 12.1. The molecule has 0 fully saturated rings. The lowest BCUT2D eigenvalue weighted by atomic mass is 10.0. The number of hydrogen-bond donors (Lipinski definition) is 3. The Morgan fingerprint density at radius 3 is 2.46 bits per heavy atom. The number of thioether (sulfide) groups is 1. The number of fused-ring (bicyclic) bond motifs is 1. The van der Waals surface area contributed by atoms with Crippen molar-refractivity contribution < 1.29 is 9.84 Å². The number of thiazole rings is 1. The van der Waals surface area contributed by atoms with Crippen molar-refractivity contribution in [2.24, 2.45) is 5.92 Å². The number of rotatable bonds is 13.